The molecule has 70 valence electrons. The summed E-state index contributed by atoms with van der Waals surface area (Å²) in [4.78, 5) is 0. The van der Waals surface area contributed by atoms with E-state index in [1.807, 2.05) is 30.3 Å². The van der Waals surface area contributed by atoms with Crippen LogP contribution in [0.2, 0.25) is 0 Å². The van der Waals surface area contributed by atoms with Crippen LogP contribution in [0.15, 0.2) is 36.9 Å². The average Bonchev–Trinajstić information content (AvgIpc) is 2.16. The second kappa shape index (κ2) is 4.67. The van der Waals surface area contributed by atoms with Crippen molar-refractivity contribution in [3.63, 3.8) is 0 Å². The van der Waals surface area contributed by atoms with Gasteiger partial charge in [0.1, 0.15) is 0 Å². The Bertz CT molecular complexity index is 281. The van der Waals surface area contributed by atoms with Crippen molar-refractivity contribution in [1.82, 2.24) is 5.32 Å². The molecule has 0 aliphatic carbocycles. The molecular weight excluding hydrogens is 160 g/mol. The zero-order valence-electron chi connectivity index (χ0n) is 7.96. The quantitative estimate of drug-likeness (QED) is 0.543. The van der Waals surface area contributed by atoms with Crippen molar-refractivity contribution < 1.29 is 0 Å². The molecule has 0 spiro atoms. The van der Waals surface area contributed by atoms with Crippen LogP contribution in [0, 0.1) is 0 Å². The normalized spacial score (nSPS) is 12.4. The van der Waals surface area contributed by atoms with Gasteiger partial charge >= 0.3 is 0 Å². The van der Waals surface area contributed by atoms with Crippen molar-refractivity contribution in [2.75, 3.05) is 5.73 Å². The number of nitrogens with one attached hydrogen (secondary N) is 1. The molecule has 0 amide bonds. The molecule has 0 saturated heterocycles. The summed E-state index contributed by atoms with van der Waals surface area (Å²) in [5.74, 6) is 0. The van der Waals surface area contributed by atoms with Gasteiger partial charge in [-0.3, -0.25) is 0 Å². The van der Waals surface area contributed by atoms with Crippen molar-refractivity contribution >= 4 is 5.69 Å². The van der Waals surface area contributed by atoms with Crippen LogP contribution < -0.4 is 11.1 Å². The SMILES string of the molecule is C=CC(C)NCc1ccccc1N. The van der Waals surface area contributed by atoms with Gasteiger partial charge in [0.2, 0.25) is 0 Å². The summed E-state index contributed by atoms with van der Waals surface area (Å²) < 4.78 is 0. The Morgan fingerprint density at radius 3 is 2.85 bits per heavy atom. The molecule has 2 heteroatoms. The first-order chi connectivity index (χ1) is 6.24. The molecule has 13 heavy (non-hydrogen) atoms. The highest BCUT2D eigenvalue weighted by atomic mass is 14.9. The van der Waals surface area contributed by atoms with Crippen molar-refractivity contribution in [3.05, 3.63) is 42.5 Å². The minimum Gasteiger partial charge on any atom is -0.398 e. The molecule has 1 aromatic carbocycles. The van der Waals surface area contributed by atoms with Gasteiger partial charge in [-0.2, -0.15) is 0 Å². The number of rotatable bonds is 4. The van der Waals surface area contributed by atoms with Gasteiger partial charge in [-0.25, -0.2) is 0 Å². The molecule has 0 aliphatic heterocycles. The zero-order chi connectivity index (χ0) is 9.68. The number of nitrogens with two attached hydrogens (primary N) is 1. The number of hydrogen-bond donors (Lipinski definition) is 2. The van der Waals surface area contributed by atoms with E-state index in [-0.39, 0.29) is 0 Å². The summed E-state index contributed by atoms with van der Waals surface area (Å²) >= 11 is 0. The van der Waals surface area contributed by atoms with Crippen molar-refractivity contribution in [3.8, 4) is 0 Å². The summed E-state index contributed by atoms with van der Waals surface area (Å²) in [7, 11) is 0. The lowest BCUT2D eigenvalue weighted by molar-refractivity contribution is 0.635. The minimum absolute atomic E-state index is 0.319. The molecule has 3 N–H and O–H groups in total. The van der Waals surface area contributed by atoms with Gasteiger partial charge in [-0.1, -0.05) is 24.3 Å². The highest BCUT2D eigenvalue weighted by molar-refractivity contribution is 5.46. The van der Waals surface area contributed by atoms with E-state index in [1.54, 1.807) is 0 Å². The smallest absolute Gasteiger partial charge is 0.0359 e. The van der Waals surface area contributed by atoms with E-state index in [4.69, 9.17) is 5.73 Å². The van der Waals surface area contributed by atoms with Gasteiger partial charge < -0.3 is 11.1 Å². The van der Waals surface area contributed by atoms with Crippen molar-refractivity contribution in [2.45, 2.75) is 19.5 Å². The lowest BCUT2D eigenvalue weighted by Gasteiger charge is -2.10. The fourth-order valence-corrected chi connectivity index (χ4v) is 1.05. The van der Waals surface area contributed by atoms with Gasteiger partial charge in [0.25, 0.3) is 0 Å². The molecule has 0 aromatic heterocycles. The Kier molecular flexibility index (Phi) is 3.53. The largest absolute Gasteiger partial charge is 0.398 e. The third kappa shape index (κ3) is 2.92. The minimum atomic E-state index is 0.319. The van der Waals surface area contributed by atoms with Gasteiger partial charge in [-0.05, 0) is 18.6 Å². The molecule has 2 nitrogen and oxygen atoms in total. The van der Waals surface area contributed by atoms with E-state index in [1.165, 1.54) is 0 Å². The topological polar surface area (TPSA) is 38.0 Å². The molecule has 0 saturated carbocycles. The van der Waals surface area contributed by atoms with E-state index in [2.05, 4.69) is 18.8 Å². The predicted molar refractivity (Wildman–Crippen MR) is 57.4 cm³/mol. The molecule has 1 aromatic rings. The van der Waals surface area contributed by atoms with E-state index in [9.17, 15) is 0 Å². The number of hydrogen-bond acceptors (Lipinski definition) is 2. The lowest BCUT2D eigenvalue weighted by atomic mass is 10.2. The molecule has 0 aliphatic rings. The standard InChI is InChI=1S/C11H16N2/c1-3-9(2)13-8-10-6-4-5-7-11(10)12/h3-7,9,13H,1,8,12H2,2H3. The predicted octanol–water partition coefficient (Wildman–Crippen LogP) is 1.93. The maximum atomic E-state index is 5.78. The molecule has 1 atom stereocenters. The van der Waals surface area contributed by atoms with Gasteiger partial charge in [0.15, 0.2) is 0 Å². The summed E-state index contributed by atoms with van der Waals surface area (Å²) in [6.07, 6.45) is 1.87. The summed E-state index contributed by atoms with van der Waals surface area (Å²) in [5.41, 5.74) is 7.76. The van der Waals surface area contributed by atoms with Crippen LogP contribution in [0.25, 0.3) is 0 Å². The van der Waals surface area contributed by atoms with E-state index in [0.29, 0.717) is 6.04 Å². The van der Waals surface area contributed by atoms with E-state index >= 15 is 0 Å². The van der Waals surface area contributed by atoms with Crippen LogP contribution in [-0.4, -0.2) is 6.04 Å². The number of benzene rings is 1. The first-order valence-corrected chi connectivity index (χ1v) is 4.43. The highest BCUT2D eigenvalue weighted by Crippen LogP contribution is 2.09. The monoisotopic (exact) mass is 176 g/mol. The average molecular weight is 176 g/mol. The van der Waals surface area contributed by atoms with Gasteiger partial charge in [0, 0.05) is 18.3 Å². The van der Waals surface area contributed by atoms with Crippen LogP contribution in [0.1, 0.15) is 12.5 Å². The van der Waals surface area contributed by atoms with Crippen LogP contribution in [0.3, 0.4) is 0 Å². The van der Waals surface area contributed by atoms with Crippen LogP contribution in [0.5, 0.6) is 0 Å². The fourth-order valence-electron chi connectivity index (χ4n) is 1.05. The fraction of sp³-hybridized carbons (Fsp3) is 0.273. The number of nitrogen functional groups attached to an aromatic ring is 1. The molecule has 0 fully saturated rings. The van der Waals surface area contributed by atoms with Crippen LogP contribution in [0.4, 0.5) is 5.69 Å². The van der Waals surface area contributed by atoms with E-state index in [0.717, 1.165) is 17.8 Å². The maximum Gasteiger partial charge on any atom is 0.0359 e. The third-order valence-corrected chi connectivity index (χ3v) is 2.02. The second-order valence-electron chi connectivity index (χ2n) is 3.10. The number of anilines is 1. The summed E-state index contributed by atoms with van der Waals surface area (Å²) in [5, 5.41) is 3.29. The molecule has 1 unspecified atom stereocenters. The Labute approximate surface area is 79.5 Å². The van der Waals surface area contributed by atoms with Crippen LogP contribution >= 0.6 is 0 Å². The van der Waals surface area contributed by atoms with Crippen LogP contribution in [-0.2, 0) is 6.54 Å². The van der Waals surface area contributed by atoms with Gasteiger partial charge in [0.05, 0.1) is 0 Å². The first kappa shape index (κ1) is 9.81. The first-order valence-electron chi connectivity index (χ1n) is 4.43. The molecular formula is C11H16N2. The number of para-hydroxylation sites is 1. The Morgan fingerprint density at radius 2 is 2.23 bits per heavy atom. The Hall–Kier alpha value is -1.28. The van der Waals surface area contributed by atoms with Crippen molar-refractivity contribution in [1.29, 1.82) is 0 Å². The molecule has 1 rings (SSSR count). The lowest BCUT2D eigenvalue weighted by Crippen LogP contribution is -2.23. The van der Waals surface area contributed by atoms with Crippen molar-refractivity contribution in [2.24, 2.45) is 0 Å². The molecule has 0 heterocycles. The Balaban J connectivity index is 2.54. The Morgan fingerprint density at radius 1 is 1.54 bits per heavy atom. The molecule has 0 radical (unpaired) electrons. The third-order valence-electron chi connectivity index (χ3n) is 2.02. The van der Waals surface area contributed by atoms with Gasteiger partial charge in [-0.15, -0.1) is 6.58 Å². The van der Waals surface area contributed by atoms with E-state index < -0.39 is 0 Å². The molecule has 0 bridgehead atoms. The summed E-state index contributed by atoms with van der Waals surface area (Å²) in [6.45, 7) is 6.55. The second-order valence-corrected chi connectivity index (χ2v) is 3.10. The maximum absolute atomic E-state index is 5.78. The summed E-state index contributed by atoms with van der Waals surface area (Å²) in [6, 6.07) is 8.19. The zero-order valence-corrected chi connectivity index (χ0v) is 7.96. The highest BCUT2D eigenvalue weighted by Gasteiger charge is 1.98.